The number of para-hydroxylation sites is 2. The van der Waals surface area contributed by atoms with Gasteiger partial charge in [0.05, 0.1) is 33.8 Å². The highest BCUT2D eigenvalue weighted by molar-refractivity contribution is 5.78. The van der Waals surface area contributed by atoms with Gasteiger partial charge in [-0.15, -0.1) is 0 Å². The van der Waals surface area contributed by atoms with Gasteiger partial charge in [-0.05, 0) is 44.4 Å². The number of hydrogen-bond donors (Lipinski definition) is 1. The van der Waals surface area contributed by atoms with E-state index in [1.165, 1.54) is 5.56 Å². The van der Waals surface area contributed by atoms with Crippen molar-refractivity contribution in [2.75, 3.05) is 13.1 Å². The minimum absolute atomic E-state index is 0.000414. The molecule has 0 atom stereocenters. The minimum atomic E-state index is -0.000414. The monoisotopic (exact) mass is 489 g/mol. The lowest BCUT2D eigenvalue weighted by Gasteiger charge is -2.32. The maximum absolute atomic E-state index is 12.6. The number of rotatable bonds is 5. The Morgan fingerprint density at radius 3 is 2.05 bits per heavy atom. The van der Waals surface area contributed by atoms with Crippen LogP contribution in [0, 0.1) is 13.8 Å². The quantitative estimate of drug-likeness (QED) is 0.333. The number of imidazole rings is 1. The summed E-state index contributed by atoms with van der Waals surface area (Å²) in [5, 5.41) is 0. The van der Waals surface area contributed by atoms with Crippen molar-refractivity contribution >= 4 is 11.0 Å². The molecule has 3 aromatic carbocycles. The molecule has 2 aromatic heterocycles. The number of piperidine rings is 1. The normalized spacial score (nSPS) is 14.9. The second kappa shape index (κ2) is 9.79. The van der Waals surface area contributed by atoms with Crippen molar-refractivity contribution in [2.45, 2.75) is 39.3 Å². The van der Waals surface area contributed by atoms with Crippen LogP contribution in [-0.4, -0.2) is 37.5 Å². The zero-order chi connectivity index (χ0) is 25.4. The molecule has 6 heteroatoms. The number of aromatic nitrogens is 4. The predicted octanol–water partition coefficient (Wildman–Crippen LogP) is 5.91. The largest absolute Gasteiger partial charge is 0.326 e. The molecule has 1 N–H and O–H groups in total. The van der Waals surface area contributed by atoms with E-state index in [1.54, 1.807) is 0 Å². The number of H-pyrrole nitrogens is 1. The summed E-state index contributed by atoms with van der Waals surface area (Å²) in [5.74, 6) is 0. The first-order valence-corrected chi connectivity index (χ1v) is 13.0. The fraction of sp³-hybridized carbons (Fsp3) is 0.258. The summed E-state index contributed by atoms with van der Waals surface area (Å²) < 4.78 is 1.95. The molecule has 1 aliphatic rings. The molecule has 37 heavy (non-hydrogen) atoms. The molecule has 1 fully saturated rings. The zero-order valence-corrected chi connectivity index (χ0v) is 21.3. The lowest BCUT2D eigenvalue weighted by molar-refractivity contribution is 0.180. The Labute approximate surface area is 216 Å². The fourth-order valence-corrected chi connectivity index (χ4v) is 5.40. The zero-order valence-electron chi connectivity index (χ0n) is 21.3. The van der Waals surface area contributed by atoms with Crippen LogP contribution in [-0.2, 0) is 6.54 Å². The van der Waals surface area contributed by atoms with Gasteiger partial charge in [0.15, 0.2) is 0 Å². The van der Waals surface area contributed by atoms with E-state index in [0.717, 1.165) is 77.4 Å². The molecule has 1 aliphatic heterocycles. The molecule has 186 valence electrons. The van der Waals surface area contributed by atoms with Crippen LogP contribution in [0.25, 0.3) is 33.5 Å². The summed E-state index contributed by atoms with van der Waals surface area (Å²) in [5.41, 5.74) is 9.11. The molecule has 0 spiro atoms. The first-order chi connectivity index (χ1) is 18.1. The van der Waals surface area contributed by atoms with Gasteiger partial charge in [0.1, 0.15) is 0 Å². The van der Waals surface area contributed by atoms with Crippen molar-refractivity contribution in [1.82, 2.24) is 24.4 Å². The van der Waals surface area contributed by atoms with E-state index in [9.17, 15) is 4.79 Å². The van der Waals surface area contributed by atoms with Crippen LogP contribution in [0.1, 0.15) is 35.8 Å². The molecule has 0 aliphatic carbocycles. The molecule has 1 saturated heterocycles. The molecule has 0 unspecified atom stereocenters. The number of benzene rings is 3. The van der Waals surface area contributed by atoms with Crippen molar-refractivity contribution < 1.29 is 0 Å². The van der Waals surface area contributed by atoms with E-state index in [0.29, 0.717) is 0 Å². The molecule has 6 rings (SSSR count). The van der Waals surface area contributed by atoms with Crippen LogP contribution in [0.2, 0.25) is 0 Å². The Morgan fingerprint density at radius 1 is 0.784 bits per heavy atom. The molecular formula is C31H31N5O. The van der Waals surface area contributed by atoms with Gasteiger partial charge < -0.3 is 4.98 Å². The van der Waals surface area contributed by atoms with E-state index in [2.05, 4.69) is 46.3 Å². The topological polar surface area (TPSA) is 66.8 Å². The first kappa shape index (κ1) is 23.4. The Morgan fingerprint density at radius 2 is 1.38 bits per heavy atom. The highest BCUT2D eigenvalue weighted by atomic mass is 16.1. The molecule has 0 bridgehead atoms. The average molecular weight is 490 g/mol. The van der Waals surface area contributed by atoms with Crippen LogP contribution in [0.15, 0.2) is 83.7 Å². The molecule has 3 heterocycles. The van der Waals surface area contributed by atoms with Crippen LogP contribution in [0.3, 0.4) is 0 Å². The van der Waals surface area contributed by atoms with Gasteiger partial charge in [-0.1, -0.05) is 66.7 Å². The molecule has 0 amide bonds. The number of nitrogens with one attached hydrogen (secondary N) is 1. The summed E-state index contributed by atoms with van der Waals surface area (Å²) in [7, 11) is 0. The predicted molar refractivity (Wildman–Crippen MR) is 148 cm³/mol. The second-order valence-corrected chi connectivity index (χ2v) is 9.98. The van der Waals surface area contributed by atoms with E-state index in [1.807, 2.05) is 60.9 Å². The summed E-state index contributed by atoms with van der Waals surface area (Å²) in [6.45, 7) is 6.88. The van der Waals surface area contributed by atoms with Crippen molar-refractivity contribution in [1.29, 1.82) is 0 Å². The SMILES string of the molecule is Cc1nc(-c2ccccc2)c(-c2ccc(CN3CCC(n4c(=O)[nH]c5ccccc54)CC3)cc2)nc1C. The van der Waals surface area contributed by atoms with Gasteiger partial charge >= 0.3 is 5.69 Å². The van der Waals surface area contributed by atoms with E-state index in [-0.39, 0.29) is 11.7 Å². The summed E-state index contributed by atoms with van der Waals surface area (Å²) in [6.07, 6.45) is 1.94. The Hall–Kier alpha value is -4.03. The first-order valence-electron chi connectivity index (χ1n) is 13.0. The number of aromatic amines is 1. The van der Waals surface area contributed by atoms with Crippen molar-refractivity contribution in [3.05, 3.63) is 106 Å². The molecule has 0 saturated carbocycles. The lowest BCUT2D eigenvalue weighted by atomic mass is 10.0. The number of nitrogens with zero attached hydrogens (tertiary/aromatic N) is 4. The number of hydrogen-bond acceptors (Lipinski definition) is 4. The van der Waals surface area contributed by atoms with Gasteiger partial charge in [-0.25, -0.2) is 14.8 Å². The Bertz CT molecular complexity index is 1590. The van der Waals surface area contributed by atoms with Gasteiger partial charge in [-0.2, -0.15) is 0 Å². The number of fused-ring (bicyclic) bond motifs is 1. The smallest absolute Gasteiger partial charge is 0.306 e. The van der Waals surface area contributed by atoms with Gasteiger partial charge in [-0.3, -0.25) is 9.47 Å². The van der Waals surface area contributed by atoms with Gasteiger partial charge in [0, 0.05) is 36.8 Å². The summed E-state index contributed by atoms with van der Waals surface area (Å²) >= 11 is 0. The average Bonchev–Trinajstić information content (AvgIpc) is 3.27. The van der Waals surface area contributed by atoms with E-state index in [4.69, 9.17) is 9.97 Å². The molecule has 6 nitrogen and oxygen atoms in total. The summed E-state index contributed by atoms with van der Waals surface area (Å²) in [6, 6.07) is 27.2. The summed E-state index contributed by atoms with van der Waals surface area (Å²) in [4.78, 5) is 27.9. The second-order valence-electron chi connectivity index (χ2n) is 9.98. The van der Waals surface area contributed by atoms with Crippen molar-refractivity contribution in [2.24, 2.45) is 0 Å². The van der Waals surface area contributed by atoms with Gasteiger partial charge in [0.2, 0.25) is 0 Å². The van der Waals surface area contributed by atoms with E-state index >= 15 is 0 Å². The molecule has 0 radical (unpaired) electrons. The third-order valence-corrected chi connectivity index (χ3v) is 7.53. The highest BCUT2D eigenvalue weighted by Gasteiger charge is 2.23. The van der Waals surface area contributed by atoms with Crippen molar-refractivity contribution in [3.63, 3.8) is 0 Å². The lowest BCUT2D eigenvalue weighted by Crippen LogP contribution is -2.36. The standard InChI is InChI=1S/C31H31N5O/c1-21-22(2)33-30(29(32-21)24-8-4-3-5-9-24)25-14-12-23(13-15-25)20-35-18-16-26(17-19-35)36-28-11-7-6-10-27(28)34-31(36)37/h3-15,26H,16-20H2,1-2H3,(H,34,37). The highest BCUT2D eigenvalue weighted by Crippen LogP contribution is 2.31. The van der Waals surface area contributed by atoms with Gasteiger partial charge in [0.25, 0.3) is 0 Å². The van der Waals surface area contributed by atoms with Crippen LogP contribution < -0.4 is 5.69 Å². The fourth-order valence-electron chi connectivity index (χ4n) is 5.40. The third kappa shape index (κ3) is 4.60. The minimum Gasteiger partial charge on any atom is -0.306 e. The number of aryl methyl sites for hydroxylation is 2. The molecule has 5 aromatic rings. The van der Waals surface area contributed by atoms with E-state index < -0.39 is 0 Å². The van der Waals surface area contributed by atoms with Crippen LogP contribution in [0.4, 0.5) is 0 Å². The maximum Gasteiger partial charge on any atom is 0.326 e. The number of likely N-dealkylation sites (tertiary alicyclic amines) is 1. The Balaban J connectivity index is 1.17. The van der Waals surface area contributed by atoms with Crippen LogP contribution >= 0.6 is 0 Å². The Kier molecular flexibility index (Phi) is 6.18. The molecular weight excluding hydrogens is 458 g/mol. The third-order valence-electron chi connectivity index (χ3n) is 7.53. The van der Waals surface area contributed by atoms with Crippen molar-refractivity contribution in [3.8, 4) is 22.5 Å². The van der Waals surface area contributed by atoms with Crippen LogP contribution in [0.5, 0.6) is 0 Å². The maximum atomic E-state index is 12.6.